The standard InChI is InChI=1S/C18H28FN3O/c1-13(2)18(23)21-16-6-3-5-15(17(16)19)14-7-11-22(12-8-14)10-4-9-20/h3,5-6,13-14H,4,7-12,20H2,1-2H3,(H,21,23). The van der Waals surface area contributed by atoms with Crippen molar-refractivity contribution in [1.29, 1.82) is 0 Å². The van der Waals surface area contributed by atoms with E-state index in [4.69, 9.17) is 5.73 Å². The fourth-order valence-electron chi connectivity index (χ4n) is 3.02. The van der Waals surface area contributed by atoms with E-state index < -0.39 is 0 Å². The van der Waals surface area contributed by atoms with E-state index in [1.807, 2.05) is 12.1 Å². The Morgan fingerprint density at radius 3 is 2.70 bits per heavy atom. The molecule has 1 saturated heterocycles. The van der Waals surface area contributed by atoms with Crippen LogP contribution in [0.5, 0.6) is 0 Å². The second-order valence-electron chi connectivity index (χ2n) is 6.61. The molecule has 0 aromatic heterocycles. The molecule has 128 valence electrons. The lowest BCUT2D eigenvalue weighted by Gasteiger charge is -2.32. The van der Waals surface area contributed by atoms with Crippen molar-refractivity contribution in [2.45, 2.75) is 39.0 Å². The quantitative estimate of drug-likeness (QED) is 0.847. The van der Waals surface area contributed by atoms with Gasteiger partial charge in [0, 0.05) is 5.92 Å². The number of rotatable bonds is 6. The Bertz CT molecular complexity index is 525. The van der Waals surface area contributed by atoms with Crippen LogP contribution in [0.3, 0.4) is 0 Å². The van der Waals surface area contributed by atoms with Crippen LogP contribution in [0.1, 0.15) is 44.6 Å². The summed E-state index contributed by atoms with van der Waals surface area (Å²) >= 11 is 0. The van der Waals surface area contributed by atoms with E-state index in [1.165, 1.54) is 0 Å². The molecule has 4 nitrogen and oxygen atoms in total. The van der Waals surface area contributed by atoms with Gasteiger partial charge in [-0.15, -0.1) is 0 Å². The number of halogens is 1. The van der Waals surface area contributed by atoms with E-state index in [9.17, 15) is 9.18 Å². The van der Waals surface area contributed by atoms with Crippen LogP contribution < -0.4 is 11.1 Å². The van der Waals surface area contributed by atoms with E-state index in [0.717, 1.165) is 44.5 Å². The van der Waals surface area contributed by atoms with Gasteiger partial charge in [0.2, 0.25) is 5.91 Å². The van der Waals surface area contributed by atoms with Gasteiger partial charge in [0.15, 0.2) is 0 Å². The van der Waals surface area contributed by atoms with Gasteiger partial charge in [0.05, 0.1) is 5.69 Å². The maximum Gasteiger partial charge on any atom is 0.227 e. The molecule has 1 heterocycles. The Morgan fingerprint density at radius 1 is 1.39 bits per heavy atom. The molecule has 1 amide bonds. The van der Waals surface area contributed by atoms with Crippen LogP contribution in [0, 0.1) is 11.7 Å². The van der Waals surface area contributed by atoms with E-state index in [1.54, 1.807) is 19.9 Å². The number of hydrogen-bond acceptors (Lipinski definition) is 3. The van der Waals surface area contributed by atoms with Gasteiger partial charge < -0.3 is 16.0 Å². The lowest BCUT2D eigenvalue weighted by atomic mass is 9.88. The Balaban J connectivity index is 2.02. The summed E-state index contributed by atoms with van der Waals surface area (Å²) in [6.07, 6.45) is 2.90. The number of carbonyl (C=O) groups is 1. The van der Waals surface area contributed by atoms with Gasteiger partial charge in [-0.3, -0.25) is 4.79 Å². The largest absolute Gasteiger partial charge is 0.330 e. The van der Waals surface area contributed by atoms with Crippen LogP contribution in [-0.2, 0) is 4.79 Å². The number of hydrogen-bond donors (Lipinski definition) is 2. The van der Waals surface area contributed by atoms with E-state index in [2.05, 4.69) is 10.2 Å². The van der Waals surface area contributed by atoms with Crippen LogP contribution in [0.4, 0.5) is 10.1 Å². The summed E-state index contributed by atoms with van der Waals surface area (Å²) in [5.41, 5.74) is 6.58. The second-order valence-corrected chi connectivity index (χ2v) is 6.61. The summed E-state index contributed by atoms with van der Waals surface area (Å²) in [6.45, 7) is 7.30. The average Bonchev–Trinajstić information content (AvgIpc) is 2.55. The smallest absolute Gasteiger partial charge is 0.227 e. The molecule has 23 heavy (non-hydrogen) atoms. The minimum absolute atomic E-state index is 0.155. The molecule has 0 spiro atoms. The monoisotopic (exact) mass is 321 g/mol. The number of likely N-dealkylation sites (tertiary alicyclic amines) is 1. The van der Waals surface area contributed by atoms with Crippen molar-refractivity contribution in [1.82, 2.24) is 4.90 Å². The Kier molecular flexibility index (Phi) is 6.54. The first-order valence-corrected chi connectivity index (χ1v) is 8.54. The van der Waals surface area contributed by atoms with Crippen molar-refractivity contribution >= 4 is 11.6 Å². The zero-order chi connectivity index (χ0) is 16.8. The zero-order valence-electron chi connectivity index (χ0n) is 14.1. The third kappa shape index (κ3) is 4.75. The molecule has 1 aliphatic rings. The van der Waals surface area contributed by atoms with E-state index >= 15 is 0 Å². The number of nitrogens with zero attached hydrogens (tertiary/aromatic N) is 1. The van der Waals surface area contributed by atoms with Crippen molar-refractivity contribution in [3.8, 4) is 0 Å². The number of piperidine rings is 1. The first-order chi connectivity index (χ1) is 11.0. The topological polar surface area (TPSA) is 58.4 Å². The fourth-order valence-corrected chi connectivity index (χ4v) is 3.02. The molecule has 1 fully saturated rings. The highest BCUT2D eigenvalue weighted by atomic mass is 19.1. The minimum Gasteiger partial charge on any atom is -0.330 e. The molecule has 5 heteroatoms. The molecular formula is C18H28FN3O. The van der Waals surface area contributed by atoms with Crippen molar-refractivity contribution in [2.75, 3.05) is 31.5 Å². The summed E-state index contributed by atoms with van der Waals surface area (Å²) in [5.74, 6) is -0.372. The van der Waals surface area contributed by atoms with Gasteiger partial charge in [0.25, 0.3) is 0 Å². The maximum absolute atomic E-state index is 14.7. The van der Waals surface area contributed by atoms with E-state index in [-0.39, 0.29) is 23.6 Å². The lowest BCUT2D eigenvalue weighted by molar-refractivity contribution is -0.118. The highest BCUT2D eigenvalue weighted by molar-refractivity contribution is 5.92. The molecule has 3 N–H and O–H groups in total. The summed E-state index contributed by atoms with van der Waals surface area (Å²) < 4.78 is 14.7. The second kappa shape index (κ2) is 8.41. The summed E-state index contributed by atoms with van der Waals surface area (Å²) in [5, 5.41) is 2.69. The number of carbonyl (C=O) groups excluding carboxylic acids is 1. The van der Waals surface area contributed by atoms with Gasteiger partial charge in [-0.2, -0.15) is 0 Å². The Morgan fingerprint density at radius 2 is 2.09 bits per heavy atom. The minimum atomic E-state index is -0.276. The van der Waals surface area contributed by atoms with Crippen LogP contribution >= 0.6 is 0 Å². The molecule has 1 aromatic rings. The number of nitrogens with one attached hydrogen (secondary N) is 1. The van der Waals surface area contributed by atoms with Crippen LogP contribution in [0.2, 0.25) is 0 Å². The summed E-state index contributed by atoms with van der Waals surface area (Å²) in [7, 11) is 0. The number of amides is 1. The van der Waals surface area contributed by atoms with Crippen molar-refractivity contribution in [3.05, 3.63) is 29.6 Å². The van der Waals surface area contributed by atoms with Crippen molar-refractivity contribution in [3.63, 3.8) is 0 Å². The lowest BCUT2D eigenvalue weighted by Crippen LogP contribution is -2.34. The molecule has 2 rings (SSSR count). The molecule has 0 radical (unpaired) electrons. The number of anilines is 1. The maximum atomic E-state index is 14.7. The zero-order valence-corrected chi connectivity index (χ0v) is 14.1. The predicted octanol–water partition coefficient (Wildman–Crippen LogP) is 2.95. The molecule has 1 aliphatic heterocycles. The Labute approximate surface area is 138 Å². The van der Waals surface area contributed by atoms with Crippen molar-refractivity contribution < 1.29 is 9.18 Å². The Hall–Kier alpha value is -1.46. The van der Waals surface area contributed by atoms with Crippen LogP contribution in [0.15, 0.2) is 18.2 Å². The molecule has 0 saturated carbocycles. The summed E-state index contributed by atoms with van der Waals surface area (Å²) in [4.78, 5) is 14.2. The number of nitrogens with two attached hydrogens (primary N) is 1. The molecular weight excluding hydrogens is 293 g/mol. The van der Waals surface area contributed by atoms with Gasteiger partial charge in [-0.05, 0) is 63.0 Å². The van der Waals surface area contributed by atoms with Gasteiger partial charge in [-0.25, -0.2) is 4.39 Å². The molecule has 0 atom stereocenters. The molecule has 1 aromatic carbocycles. The normalized spacial score (nSPS) is 16.7. The first kappa shape index (κ1) is 17.9. The van der Waals surface area contributed by atoms with Crippen LogP contribution in [0.25, 0.3) is 0 Å². The fraction of sp³-hybridized carbons (Fsp3) is 0.611. The van der Waals surface area contributed by atoms with Gasteiger partial charge in [0.1, 0.15) is 5.82 Å². The van der Waals surface area contributed by atoms with Crippen LogP contribution in [-0.4, -0.2) is 37.0 Å². The van der Waals surface area contributed by atoms with Crippen molar-refractivity contribution in [2.24, 2.45) is 11.7 Å². The third-order valence-electron chi connectivity index (χ3n) is 4.52. The van der Waals surface area contributed by atoms with E-state index in [0.29, 0.717) is 12.2 Å². The summed E-state index contributed by atoms with van der Waals surface area (Å²) in [6, 6.07) is 5.31. The van der Waals surface area contributed by atoms with Gasteiger partial charge in [-0.1, -0.05) is 26.0 Å². The third-order valence-corrected chi connectivity index (χ3v) is 4.52. The first-order valence-electron chi connectivity index (χ1n) is 8.54. The average molecular weight is 321 g/mol. The highest BCUT2D eigenvalue weighted by Crippen LogP contribution is 2.32. The predicted molar refractivity (Wildman–Crippen MR) is 92.0 cm³/mol. The SMILES string of the molecule is CC(C)C(=O)Nc1cccc(C2CCN(CCCN)CC2)c1F. The molecule has 0 unspecified atom stereocenters. The molecule has 0 aliphatic carbocycles. The highest BCUT2D eigenvalue weighted by Gasteiger charge is 2.24. The molecule has 0 bridgehead atoms. The number of benzene rings is 1. The van der Waals surface area contributed by atoms with Gasteiger partial charge >= 0.3 is 0 Å².